The molecule has 0 unspecified atom stereocenters. The Morgan fingerprint density at radius 1 is 1.39 bits per heavy atom. The van der Waals surface area contributed by atoms with Crippen LogP contribution in [-0.4, -0.2) is 55.4 Å². The van der Waals surface area contributed by atoms with Gasteiger partial charge in [0.1, 0.15) is 0 Å². The van der Waals surface area contributed by atoms with Crippen LogP contribution in [0.3, 0.4) is 0 Å². The van der Waals surface area contributed by atoms with Gasteiger partial charge in [-0.25, -0.2) is 0 Å². The maximum absolute atomic E-state index is 12.5. The minimum Gasteiger partial charge on any atom is -0.373 e. The average Bonchev–Trinajstić information content (AvgIpc) is 2.24. The predicted molar refractivity (Wildman–Crippen MR) is 72.6 cm³/mol. The van der Waals surface area contributed by atoms with Gasteiger partial charge in [0.25, 0.3) is 10.2 Å². The standard InChI is InChI=1S/C12H24N2O3S/c1-6-13(7-10(2)3)18(15,16)14-8-11(4)17-12(5)9-14/h11-12H,2,6-9H2,1,3-5H3/t11-,12-/m1/s1. The van der Waals surface area contributed by atoms with Crippen LogP contribution in [0.5, 0.6) is 0 Å². The van der Waals surface area contributed by atoms with Crippen LogP contribution in [0.2, 0.25) is 0 Å². The van der Waals surface area contributed by atoms with Crippen molar-refractivity contribution < 1.29 is 13.2 Å². The second kappa shape index (κ2) is 6.14. The van der Waals surface area contributed by atoms with Crippen molar-refractivity contribution >= 4 is 10.2 Å². The van der Waals surface area contributed by atoms with E-state index in [1.54, 1.807) is 0 Å². The summed E-state index contributed by atoms with van der Waals surface area (Å²) in [4.78, 5) is 0. The van der Waals surface area contributed by atoms with Gasteiger partial charge in [-0.2, -0.15) is 17.0 Å². The van der Waals surface area contributed by atoms with Crippen LogP contribution < -0.4 is 0 Å². The molecule has 1 fully saturated rings. The molecule has 1 heterocycles. The fraction of sp³-hybridized carbons (Fsp3) is 0.833. The van der Waals surface area contributed by atoms with Gasteiger partial charge in [-0.1, -0.05) is 19.1 Å². The van der Waals surface area contributed by atoms with Crippen molar-refractivity contribution in [3.8, 4) is 0 Å². The Labute approximate surface area is 111 Å². The summed E-state index contributed by atoms with van der Waals surface area (Å²) in [6, 6.07) is 0. The third-order valence-corrected chi connectivity index (χ3v) is 4.83. The summed E-state index contributed by atoms with van der Waals surface area (Å²) in [6.07, 6.45) is -0.126. The number of nitrogens with zero attached hydrogens (tertiary/aromatic N) is 2. The molecule has 0 bridgehead atoms. The molecule has 6 heteroatoms. The SMILES string of the molecule is C=C(C)CN(CC)S(=O)(=O)N1C[C@@H](C)O[C@H](C)C1. The highest BCUT2D eigenvalue weighted by molar-refractivity contribution is 7.86. The molecular weight excluding hydrogens is 252 g/mol. The number of morpholine rings is 1. The highest BCUT2D eigenvalue weighted by Crippen LogP contribution is 2.17. The minimum atomic E-state index is -3.41. The van der Waals surface area contributed by atoms with Crippen molar-refractivity contribution in [3.63, 3.8) is 0 Å². The molecule has 1 saturated heterocycles. The summed E-state index contributed by atoms with van der Waals surface area (Å²) in [5.41, 5.74) is 0.842. The van der Waals surface area contributed by atoms with Gasteiger partial charge in [0.15, 0.2) is 0 Å². The van der Waals surface area contributed by atoms with Gasteiger partial charge >= 0.3 is 0 Å². The first-order chi connectivity index (χ1) is 8.27. The lowest BCUT2D eigenvalue weighted by Gasteiger charge is -2.37. The highest BCUT2D eigenvalue weighted by Gasteiger charge is 2.34. The number of likely N-dealkylation sites (N-methyl/N-ethyl adjacent to an activating group) is 1. The Morgan fingerprint density at radius 2 is 1.89 bits per heavy atom. The van der Waals surface area contributed by atoms with E-state index in [9.17, 15) is 8.42 Å². The van der Waals surface area contributed by atoms with Crippen molar-refractivity contribution in [1.82, 2.24) is 8.61 Å². The number of hydrogen-bond donors (Lipinski definition) is 0. The van der Waals surface area contributed by atoms with Crippen molar-refractivity contribution in [3.05, 3.63) is 12.2 Å². The average molecular weight is 276 g/mol. The summed E-state index contributed by atoms with van der Waals surface area (Å²) >= 11 is 0. The van der Waals surface area contributed by atoms with E-state index in [0.717, 1.165) is 5.57 Å². The second-order valence-corrected chi connectivity index (χ2v) is 6.89. The molecule has 1 aliphatic heterocycles. The molecule has 0 amide bonds. The first-order valence-corrected chi connectivity index (χ1v) is 7.72. The molecule has 0 spiro atoms. The molecule has 0 saturated carbocycles. The van der Waals surface area contributed by atoms with Crippen LogP contribution in [0.25, 0.3) is 0 Å². The normalized spacial score (nSPS) is 26.5. The zero-order valence-corrected chi connectivity index (χ0v) is 12.5. The van der Waals surface area contributed by atoms with E-state index in [0.29, 0.717) is 26.2 Å². The molecule has 2 atom stereocenters. The fourth-order valence-corrected chi connectivity index (χ4v) is 3.97. The highest BCUT2D eigenvalue weighted by atomic mass is 32.2. The molecule has 0 N–H and O–H groups in total. The number of ether oxygens (including phenoxy) is 1. The molecule has 0 aromatic rings. The first kappa shape index (κ1) is 15.6. The smallest absolute Gasteiger partial charge is 0.282 e. The van der Waals surface area contributed by atoms with Gasteiger partial charge in [-0.3, -0.25) is 0 Å². The van der Waals surface area contributed by atoms with E-state index in [4.69, 9.17) is 4.74 Å². The third-order valence-electron chi connectivity index (χ3n) is 2.84. The zero-order valence-electron chi connectivity index (χ0n) is 11.7. The van der Waals surface area contributed by atoms with E-state index in [1.807, 2.05) is 27.7 Å². The lowest BCUT2D eigenvalue weighted by atomic mass is 10.3. The first-order valence-electron chi connectivity index (χ1n) is 6.32. The van der Waals surface area contributed by atoms with E-state index in [2.05, 4.69) is 6.58 Å². The summed E-state index contributed by atoms with van der Waals surface area (Å²) in [5, 5.41) is 0. The number of rotatable bonds is 5. The van der Waals surface area contributed by atoms with Gasteiger partial charge in [-0.05, 0) is 20.8 Å². The molecule has 18 heavy (non-hydrogen) atoms. The van der Waals surface area contributed by atoms with Crippen molar-refractivity contribution in [2.45, 2.75) is 39.9 Å². The van der Waals surface area contributed by atoms with E-state index in [1.165, 1.54) is 8.61 Å². The predicted octanol–water partition coefficient (Wildman–Crippen LogP) is 1.24. The summed E-state index contributed by atoms with van der Waals surface area (Å²) < 4.78 is 33.5. The van der Waals surface area contributed by atoms with E-state index >= 15 is 0 Å². The Kier molecular flexibility index (Phi) is 5.33. The molecule has 5 nitrogen and oxygen atoms in total. The van der Waals surface area contributed by atoms with E-state index < -0.39 is 10.2 Å². The maximum Gasteiger partial charge on any atom is 0.282 e. The monoisotopic (exact) mass is 276 g/mol. The molecule has 0 aromatic heterocycles. The molecular formula is C12H24N2O3S. The van der Waals surface area contributed by atoms with Crippen LogP contribution in [0.1, 0.15) is 27.7 Å². The Morgan fingerprint density at radius 3 is 2.28 bits per heavy atom. The topological polar surface area (TPSA) is 49.9 Å². The summed E-state index contributed by atoms with van der Waals surface area (Å²) in [5.74, 6) is 0. The number of hydrogen-bond acceptors (Lipinski definition) is 3. The van der Waals surface area contributed by atoms with Crippen molar-refractivity contribution in [1.29, 1.82) is 0 Å². The summed E-state index contributed by atoms with van der Waals surface area (Å²) in [6.45, 7) is 12.9. The van der Waals surface area contributed by atoms with Gasteiger partial charge in [0, 0.05) is 26.2 Å². The van der Waals surface area contributed by atoms with Crippen LogP contribution in [0.15, 0.2) is 12.2 Å². The molecule has 0 radical (unpaired) electrons. The maximum atomic E-state index is 12.5. The van der Waals surface area contributed by atoms with Gasteiger partial charge in [0.2, 0.25) is 0 Å². The van der Waals surface area contributed by atoms with Crippen LogP contribution in [0.4, 0.5) is 0 Å². The summed E-state index contributed by atoms with van der Waals surface area (Å²) in [7, 11) is -3.41. The fourth-order valence-electron chi connectivity index (χ4n) is 2.14. The minimum absolute atomic E-state index is 0.0629. The molecule has 0 aliphatic carbocycles. The van der Waals surface area contributed by atoms with Gasteiger partial charge in [-0.15, -0.1) is 0 Å². The Balaban J connectivity index is 2.86. The van der Waals surface area contributed by atoms with Crippen LogP contribution in [-0.2, 0) is 14.9 Å². The van der Waals surface area contributed by atoms with Crippen LogP contribution >= 0.6 is 0 Å². The van der Waals surface area contributed by atoms with Crippen molar-refractivity contribution in [2.24, 2.45) is 0 Å². The Hall–Kier alpha value is -0.430. The second-order valence-electron chi connectivity index (χ2n) is 4.97. The molecule has 1 rings (SSSR count). The largest absolute Gasteiger partial charge is 0.373 e. The van der Waals surface area contributed by atoms with Crippen molar-refractivity contribution in [2.75, 3.05) is 26.2 Å². The molecule has 106 valence electrons. The van der Waals surface area contributed by atoms with E-state index in [-0.39, 0.29) is 12.2 Å². The molecule has 0 aromatic carbocycles. The lowest BCUT2D eigenvalue weighted by Crippen LogP contribution is -2.53. The Bertz CT molecular complexity index is 384. The quantitative estimate of drug-likeness (QED) is 0.710. The lowest BCUT2D eigenvalue weighted by molar-refractivity contribution is -0.0453. The van der Waals surface area contributed by atoms with Crippen LogP contribution in [0, 0.1) is 0 Å². The van der Waals surface area contributed by atoms with Gasteiger partial charge in [0.05, 0.1) is 12.2 Å². The third kappa shape index (κ3) is 3.78. The van der Waals surface area contributed by atoms with Gasteiger partial charge < -0.3 is 4.74 Å². The molecule has 1 aliphatic rings. The zero-order chi connectivity index (χ0) is 13.9.